The first-order valence-corrected chi connectivity index (χ1v) is 8.03. The molecule has 1 aliphatic rings. The first kappa shape index (κ1) is 14.6. The van der Waals surface area contributed by atoms with Gasteiger partial charge in [-0.15, -0.1) is 0 Å². The van der Waals surface area contributed by atoms with Crippen molar-refractivity contribution in [3.05, 3.63) is 35.4 Å². The molecule has 1 aromatic carbocycles. The lowest BCUT2D eigenvalue weighted by atomic mass is 9.75. The van der Waals surface area contributed by atoms with Crippen LogP contribution in [0.2, 0.25) is 0 Å². The van der Waals surface area contributed by atoms with Crippen LogP contribution in [-0.2, 0) is 0 Å². The molecule has 1 saturated carbocycles. The van der Waals surface area contributed by atoms with Crippen molar-refractivity contribution in [3.63, 3.8) is 0 Å². The molecule has 0 radical (unpaired) electrons. The van der Waals surface area contributed by atoms with E-state index in [0.29, 0.717) is 5.92 Å². The summed E-state index contributed by atoms with van der Waals surface area (Å²) in [6, 6.07) is 9.03. The van der Waals surface area contributed by atoms with E-state index >= 15 is 0 Å². The average Bonchev–Trinajstić information content (AvgIpc) is 2.46. The molecule has 1 heteroatoms. The van der Waals surface area contributed by atoms with Gasteiger partial charge in [0.1, 0.15) is 0 Å². The first-order chi connectivity index (χ1) is 9.20. The van der Waals surface area contributed by atoms with Crippen molar-refractivity contribution >= 4 is 0 Å². The molecule has 106 valence electrons. The molecule has 0 saturated heterocycles. The van der Waals surface area contributed by atoms with Crippen molar-refractivity contribution in [2.45, 2.75) is 64.8 Å². The summed E-state index contributed by atoms with van der Waals surface area (Å²) in [6.45, 7) is 4.42. The molecule has 1 fully saturated rings. The van der Waals surface area contributed by atoms with Crippen LogP contribution >= 0.6 is 0 Å². The van der Waals surface area contributed by atoms with E-state index in [0.717, 1.165) is 5.92 Å². The maximum absolute atomic E-state index is 6.47. The fraction of sp³-hybridized carbons (Fsp3) is 0.667. The largest absolute Gasteiger partial charge is 0.324 e. The van der Waals surface area contributed by atoms with E-state index in [4.69, 9.17) is 5.73 Å². The highest BCUT2D eigenvalue weighted by atomic mass is 14.7. The summed E-state index contributed by atoms with van der Waals surface area (Å²) in [5.41, 5.74) is 9.11. The van der Waals surface area contributed by atoms with Crippen molar-refractivity contribution in [1.82, 2.24) is 0 Å². The molecule has 19 heavy (non-hydrogen) atoms. The molecule has 0 heterocycles. The summed E-state index contributed by atoms with van der Waals surface area (Å²) in [5.74, 6) is 1.67. The first-order valence-electron chi connectivity index (χ1n) is 8.03. The van der Waals surface area contributed by atoms with Crippen LogP contribution in [0.5, 0.6) is 0 Å². The summed E-state index contributed by atoms with van der Waals surface area (Å²) >= 11 is 0. The molecule has 0 aliphatic heterocycles. The molecule has 0 bridgehead atoms. The van der Waals surface area contributed by atoms with Gasteiger partial charge in [0.2, 0.25) is 0 Å². The van der Waals surface area contributed by atoms with E-state index in [9.17, 15) is 0 Å². The maximum Gasteiger partial charge on any atom is 0.0323 e. The Hall–Kier alpha value is -0.820. The lowest BCUT2D eigenvalue weighted by Crippen LogP contribution is -2.26. The van der Waals surface area contributed by atoms with Crippen LogP contribution in [0.4, 0.5) is 0 Å². The molecule has 1 nitrogen and oxygen atoms in total. The Morgan fingerprint density at radius 1 is 1.11 bits per heavy atom. The number of aryl methyl sites for hydroxylation is 1. The normalized spacial score (nSPS) is 25.2. The smallest absolute Gasteiger partial charge is 0.0323 e. The summed E-state index contributed by atoms with van der Waals surface area (Å²) in [6.07, 6.45) is 9.60. The van der Waals surface area contributed by atoms with Gasteiger partial charge >= 0.3 is 0 Å². The summed E-state index contributed by atoms with van der Waals surface area (Å²) < 4.78 is 0. The van der Waals surface area contributed by atoms with Gasteiger partial charge in [-0.1, -0.05) is 68.9 Å². The third-order valence-electron chi connectivity index (χ3n) is 4.83. The van der Waals surface area contributed by atoms with E-state index in [1.165, 1.54) is 56.1 Å². The lowest BCUT2D eigenvalue weighted by Gasteiger charge is -2.32. The maximum atomic E-state index is 6.47. The molecule has 1 unspecified atom stereocenters. The van der Waals surface area contributed by atoms with Crippen LogP contribution in [0.15, 0.2) is 24.3 Å². The monoisotopic (exact) mass is 259 g/mol. The van der Waals surface area contributed by atoms with E-state index in [2.05, 4.69) is 38.1 Å². The molecule has 0 aromatic heterocycles. The topological polar surface area (TPSA) is 26.0 Å². The number of hydrogen-bond acceptors (Lipinski definition) is 1. The van der Waals surface area contributed by atoms with Crippen LogP contribution in [0.25, 0.3) is 0 Å². The van der Waals surface area contributed by atoms with Crippen molar-refractivity contribution in [1.29, 1.82) is 0 Å². The van der Waals surface area contributed by atoms with E-state index in [1.807, 2.05) is 0 Å². The number of unbranched alkanes of at least 4 members (excludes halogenated alkanes) is 1. The van der Waals surface area contributed by atoms with Gasteiger partial charge in [0.05, 0.1) is 0 Å². The van der Waals surface area contributed by atoms with Gasteiger partial charge in [-0.25, -0.2) is 0 Å². The van der Waals surface area contributed by atoms with Crippen LogP contribution in [0, 0.1) is 18.8 Å². The van der Waals surface area contributed by atoms with Gasteiger partial charge in [-0.2, -0.15) is 0 Å². The highest BCUT2D eigenvalue weighted by molar-refractivity contribution is 5.24. The molecular formula is C18H29N. The zero-order valence-corrected chi connectivity index (χ0v) is 12.6. The van der Waals surface area contributed by atoms with Crippen LogP contribution in [-0.4, -0.2) is 0 Å². The van der Waals surface area contributed by atoms with E-state index < -0.39 is 0 Å². The lowest BCUT2D eigenvalue weighted by molar-refractivity contribution is 0.232. The van der Waals surface area contributed by atoms with E-state index in [1.54, 1.807) is 0 Å². The Morgan fingerprint density at radius 3 is 2.32 bits per heavy atom. The zero-order chi connectivity index (χ0) is 13.7. The molecule has 1 aliphatic carbocycles. The van der Waals surface area contributed by atoms with Gasteiger partial charge in [0.25, 0.3) is 0 Å². The van der Waals surface area contributed by atoms with Crippen molar-refractivity contribution in [2.75, 3.05) is 0 Å². The Balaban J connectivity index is 1.85. The van der Waals surface area contributed by atoms with Gasteiger partial charge in [-0.05, 0) is 37.2 Å². The Kier molecular flexibility index (Phi) is 5.45. The Labute approximate surface area is 118 Å². The van der Waals surface area contributed by atoms with Crippen molar-refractivity contribution < 1.29 is 0 Å². The van der Waals surface area contributed by atoms with Gasteiger partial charge in [-0.3, -0.25) is 0 Å². The van der Waals surface area contributed by atoms with Crippen LogP contribution < -0.4 is 5.73 Å². The highest BCUT2D eigenvalue weighted by Crippen LogP contribution is 2.37. The number of rotatable bonds is 5. The van der Waals surface area contributed by atoms with Gasteiger partial charge < -0.3 is 5.73 Å². The third-order valence-corrected chi connectivity index (χ3v) is 4.83. The molecule has 2 N–H and O–H groups in total. The molecule has 1 atom stereocenters. The molecule has 0 spiro atoms. The number of benzene rings is 1. The van der Waals surface area contributed by atoms with Gasteiger partial charge in [0, 0.05) is 6.04 Å². The second-order valence-electron chi connectivity index (χ2n) is 6.36. The third kappa shape index (κ3) is 4.07. The SMILES string of the molecule is CCCCC1CCC(C(N)c2ccc(C)cc2)CC1. The predicted molar refractivity (Wildman–Crippen MR) is 83.1 cm³/mol. The minimum atomic E-state index is 0.243. The fourth-order valence-corrected chi connectivity index (χ4v) is 3.39. The zero-order valence-electron chi connectivity index (χ0n) is 12.6. The Morgan fingerprint density at radius 2 is 1.74 bits per heavy atom. The minimum absolute atomic E-state index is 0.243. The second-order valence-corrected chi connectivity index (χ2v) is 6.36. The minimum Gasteiger partial charge on any atom is -0.324 e. The predicted octanol–water partition coefficient (Wildman–Crippen LogP) is 4.99. The second kappa shape index (κ2) is 7.09. The number of nitrogens with two attached hydrogens (primary N) is 1. The Bertz CT molecular complexity index is 360. The molecule has 2 rings (SSSR count). The summed E-state index contributed by atoms with van der Waals surface area (Å²) in [5, 5.41) is 0. The highest BCUT2D eigenvalue weighted by Gasteiger charge is 2.25. The number of hydrogen-bond donors (Lipinski definition) is 1. The molecule has 0 amide bonds. The molecule has 1 aromatic rings. The summed E-state index contributed by atoms with van der Waals surface area (Å²) in [7, 11) is 0. The van der Waals surface area contributed by atoms with Crippen molar-refractivity contribution in [3.8, 4) is 0 Å². The summed E-state index contributed by atoms with van der Waals surface area (Å²) in [4.78, 5) is 0. The standard InChI is InChI=1S/C18H29N/c1-3-4-5-15-8-12-17(13-9-15)18(19)16-10-6-14(2)7-11-16/h6-7,10-11,15,17-18H,3-5,8-9,12-13,19H2,1-2H3. The van der Waals surface area contributed by atoms with Crippen molar-refractivity contribution in [2.24, 2.45) is 17.6 Å². The quantitative estimate of drug-likeness (QED) is 0.792. The molecular weight excluding hydrogens is 230 g/mol. The van der Waals surface area contributed by atoms with Crippen LogP contribution in [0.1, 0.15) is 69.0 Å². The van der Waals surface area contributed by atoms with Crippen LogP contribution in [0.3, 0.4) is 0 Å². The fourth-order valence-electron chi connectivity index (χ4n) is 3.39. The van der Waals surface area contributed by atoms with Gasteiger partial charge in [0.15, 0.2) is 0 Å². The average molecular weight is 259 g/mol. The van der Waals surface area contributed by atoms with E-state index in [-0.39, 0.29) is 6.04 Å².